The Hall–Kier alpha value is -0.850. The molecule has 2 aliphatic rings. The zero-order chi connectivity index (χ0) is 10.6. The van der Waals surface area contributed by atoms with Crippen molar-refractivity contribution in [3.63, 3.8) is 0 Å². The van der Waals surface area contributed by atoms with Crippen LogP contribution in [0.3, 0.4) is 0 Å². The van der Waals surface area contributed by atoms with Gasteiger partial charge in [0.25, 0.3) is 0 Å². The Balaban J connectivity index is 2.54. The van der Waals surface area contributed by atoms with Gasteiger partial charge >= 0.3 is 0 Å². The fourth-order valence-electron chi connectivity index (χ4n) is 3.13. The second-order valence-corrected chi connectivity index (χ2v) is 5.54. The van der Waals surface area contributed by atoms with Gasteiger partial charge in [-0.2, -0.15) is 0 Å². The fourth-order valence-corrected chi connectivity index (χ4v) is 3.13. The largest absolute Gasteiger partial charge is 0.294 e. The Morgan fingerprint density at radius 2 is 2.00 bits per heavy atom. The topological polar surface area (TPSA) is 17.1 Å². The molecule has 0 aromatic rings. The van der Waals surface area contributed by atoms with Gasteiger partial charge in [-0.3, -0.25) is 4.79 Å². The van der Waals surface area contributed by atoms with Crippen LogP contribution in [-0.2, 0) is 4.79 Å². The monoisotopic (exact) mass is 190 g/mol. The predicted molar refractivity (Wildman–Crippen MR) is 57.9 cm³/mol. The lowest BCUT2D eigenvalue weighted by Crippen LogP contribution is -2.40. The molecular formula is C13H18O. The Labute approximate surface area is 85.9 Å². The van der Waals surface area contributed by atoms with Crippen molar-refractivity contribution in [2.24, 2.45) is 16.7 Å². The number of allylic oxidation sites excluding steroid dienone is 4. The third-order valence-corrected chi connectivity index (χ3v) is 3.98. The second-order valence-electron chi connectivity index (χ2n) is 5.54. The number of rotatable bonds is 0. The van der Waals surface area contributed by atoms with Crippen molar-refractivity contribution in [2.75, 3.05) is 0 Å². The average Bonchev–Trinajstić information content (AvgIpc) is 2.22. The van der Waals surface area contributed by atoms with Crippen molar-refractivity contribution in [3.8, 4) is 0 Å². The van der Waals surface area contributed by atoms with E-state index in [-0.39, 0.29) is 16.7 Å². The first-order valence-electron chi connectivity index (χ1n) is 5.28. The molecule has 0 heterocycles. The molecule has 1 heteroatoms. The molecule has 76 valence electrons. The van der Waals surface area contributed by atoms with E-state index in [4.69, 9.17) is 0 Å². The van der Waals surface area contributed by atoms with Gasteiger partial charge in [0.15, 0.2) is 5.78 Å². The second kappa shape index (κ2) is 2.59. The maximum absolute atomic E-state index is 11.9. The highest BCUT2D eigenvalue weighted by Crippen LogP contribution is 2.54. The van der Waals surface area contributed by atoms with Crippen LogP contribution in [0.5, 0.6) is 0 Å². The molecule has 0 saturated carbocycles. The third kappa shape index (κ3) is 1.05. The lowest BCUT2D eigenvalue weighted by molar-refractivity contribution is -0.123. The zero-order valence-electron chi connectivity index (χ0n) is 9.42. The van der Waals surface area contributed by atoms with Gasteiger partial charge in [-0.05, 0) is 24.8 Å². The third-order valence-electron chi connectivity index (χ3n) is 3.98. The van der Waals surface area contributed by atoms with Crippen LogP contribution in [0.4, 0.5) is 0 Å². The van der Waals surface area contributed by atoms with Gasteiger partial charge in [-0.1, -0.05) is 38.5 Å². The minimum Gasteiger partial charge on any atom is -0.294 e. The quantitative estimate of drug-likeness (QED) is 0.536. The summed E-state index contributed by atoms with van der Waals surface area (Å²) in [4.78, 5) is 11.9. The fraction of sp³-hybridized carbons (Fsp3) is 0.615. The minimum absolute atomic E-state index is 0.0150. The molecule has 1 nitrogen and oxygen atoms in total. The minimum atomic E-state index is -0.0150. The van der Waals surface area contributed by atoms with Crippen LogP contribution >= 0.6 is 0 Å². The molecule has 14 heavy (non-hydrogen) atoms. The maximum atomic E-state index is 11.9. The van der Waals surface area contributed by atoms with Crippen LogP contribution in [0, 0.1) is 16.7 Å². The van der Waals surface area contributed by atoms with E-state index in [1.165, 1.54) is 5.57 Å². The van der Waals surface area contributed by atoms with Crippen molar-refractivity contribution in [1.82, 2.24) is 0 Å². The van der Waals surface area contributed by atoms with Crippen molar-refractivity contribution < 1.29 is 4.79 Å². The SMILES string of the molecule is CC1=CC(=O)[C@@H]2C(C)(C)CC=C[C@@]12C. The van der Waals surface area contributed by atoms with E-state index in [2.05, 4.69) is 39.8 Å². The summed E-state index contributed by atoms with van der Waals surface area (Å²) in [5.41, 5.74) is 1.31. The van der Waals surface area contributed by atoms with E-state index in [1.54, 1.807) is 0 Å². The Morgan fingerprint density at radius 3 is 2.57 bits per heavy atom. The van der Waals surface area contributed by atoms with E-state index in [0.29, 0.717) is 5.78 Å². The zero-order valence-corrected chi connectivity index (χ0v) is 9.42. The molecule has 0 saturated heterocycles. The van der Waals surface area contributed by atoms with Crippen LogP contribution in [0.15, 0.2) is 23.8 Å². The Kier molecular flexibility index (Phi) is 1.79. The molecule has 0 aromatic heterocycles. The number of fused-ring (bicyclic) bond motifs is 1. The molecule has 0 N–H and O–H groups in total. The Morgan fingerprint density at radius 1 is 1.36 bits per heavy atom. The molecule has 0 unspecified atom stereocenters. The molecule has 0 spiro atoms. The summed E-state index contributed by atoms with van der Waals surface area (Å²) >= 11 is 0. The number of carbonyl (C=O) groups is 1. The first-order chi connectivity index (χ1) is 6.38. The van der Waals surface area contributed by atoms with Gasteiger partial charge in [0.1, 0.15) is 0 Å². The smallest absolute Gasteiger partial charge is 0.160 e. The van der Waals surface area contributed by atoms with Crippen LogP contribution in [0.2, 0.25) is 0 Å². The molecule has 0 bridgehead atoms. The molecule has 2 aliphatic carbocycles. The van der Waals surface area contributed by atoms with Crippen LogP contribution in [0.25, 0.3) is 0 Å². The molecule has 0 aliphatic heterocycles. The van der Waals surface area contributed by atoms with E-state index in [9.17, 15) is 4.79 Å². The van der Waals surface area contributed by atoms with E-state index in [0.717, 1.165) is 6.42 Å². The van der Waals surface area contributed by atoms with Gasteiger partial charge < -0.3 is 0 Å². The van der Waals surface area contributed by atoms with Gasteiger partial charge in [0, 0.05) is 11.3 Å². The lowest BCUT2D eigenvalue weighted by Gasteiger charge is -2.43. The van der Waals surface area contributed by atoms with Gasteiger partial charge in [0.05, 0.1) is 0 Å². The molecule has 0 aromatic carbocycles. The van der Waals surface area contributed by atoms with Gasteiger partial charge in [-0.25, -0.2) is 0 Å². The van der Waals surface area contributed by atoms with Crippen molar-refractivity contribution in [2.45, 2.75) is 34.1 Å². The summed E-state index contributed by atoms with van der Waals surface area (Å²) in [7, 11) is 0. The predicted octanol–water partition coefficient (Wildman–Crippen LogP) is 3.12. The van der Waals surface area contributed by atoms with E-state index >= 15 is 0 Å². The molecular weight excluding hydrogens is 172 g/mol. The first-order valence-corrected chi connectivity index (χ1v) is 5.28. The summed E-state index contributed by atoms with van der Waals surface area (Å²) in [6, 6.07) is 0. The molecule has 2 rings (SSSR count). The highest BCUT2D eigenvalue weighted by molar-refractivity contribution is 5.97. The average molecular weight is 190 g/mol. The Bertz CT molecular complexity index is 346. The molecule has 0 amide bonds. The highest BCUT2D eigenvalue weighted by atomic mass is 16.1. The number of hydrogen-bond donors (Lipinski definition) is 0. The summed E-state index contributed by atoms with van der Waals surface area (Å²) in [6.07, 6.45) is 7.30. The lowest BCUT2D eigenvalue weighted by atomic mass is 9.59. The van der Waals surface area contributed by atoms with E-state index in [1.807, 2.05) is 6.08 Å². The molecule has 2 atom stereocenters. The summed E-state index contributed by atoms with van der Waals surface area (Å²) in [6.45, 7) is 8.66. The standard InChI is InChI=1S/C13H18O/c1-9-8-10(14)11-12(2,3)6-5-7-13(9,11)4/h5,7-8,11H,6H2,1-4H3/t11-,13+/m1/s1. The highest BCUT2D eigenvalue weighted by Gasteiger charge is 2.51. The van der Waals surface area contributed by atoms with Gasteiger partial charge in [-0.15, -0.1) is 0 Å². The normalized spacial score (nSPS) is 39.6. The summed E-state index contributed by atoms with van der Waals surface area (Å²) in [5.74, 6) is 0.472. The van der Waals surface area contributed by atoms with Crippen LogP contribution in [-0.4, -0.2) is 5.78 Å². The first kappa shape index (κ1) is 9.70. The number of hydrogen-bond acceptors (Lipinski definition) is 1. The van der Waals surface area contributed by atoms with Crippen molar-refractivity contribution in [1.29, 1.82) is 0 Å². The molecule has 0 radical (unpaired) electrons. The summed E-state index contributed by atoms with van der Waals surface area (Å²) < 4.78 is 0. The van der Waals surface area contributed by atoms with Gasteiger partial charge in [0.2, 0.25) is 0 Å². The van der Waals surface area contributed by atoms with E-state index < -0.39 is 0 Å². The maximum Gasteiger partial charge on any atom is 0.160 e. The summed E-state index contributed by atoms with van der Waals surface area (Å²) in [5, 5.41) is 0. The number of ketones is 1. The number of carbonyl (C=O) groups excluding carboxylic acids is 1. The van der Waals surface area contributed by atoms with Crippen molar-refractivity contribution in [3.05, 3.63) is 23.8 Å². The van der Waals surface area contributed by atoms with Crippen molar-refractivity contribution >= 4 is 5.78 Å². The van der Waals surface area contributed by atoms with Crippen LogP contribution in [0.1, 0.15) is 34.1 Å². The molecule has 0 fully saturated rings. The van der Waals surface area contributed by atoms with Crippen LogP contribution < -0.4 is 0 Å².